The van der Waals surface area contributed by atoms with Gasteiger partial charge < -0.3 is 14.3 Å². The van der Waals surface area contributed by atoms with Crippen molar-refractivity contribution >= 4 is 45.8 Å². The van der Waals surface area contributed by atoms with Gasteiger partial charge >= 0.3 is 11.9 Å². The van der Waals surface area contributed by atoms with Gasteiger partial charge in [0.1, 0.15) is 18.3 Å². The number of methoxy groups -OCH3 is 1. The molecule has 1 aliphatic rings. The van der Waals surface area contributed by atoms with Gasteiger partial charge in [0, 0.05) is 40.7 Å². The minimum absolute atomic E-state index is 0.00936. The summed E-state index contributed by atoms with van der Waals surface area (Å²) < 4.78 is 22.7. The number of carbonyl (C=O) groups is 3. The van der Waals surface area contributed by atoms with Gasteiger partial charge in [-0.25, -0.2) is 0 Å². The zero-order chi connectivity index (χ0) is 24.3. The molecule has 0 fully saturated rings. The summed E-state index contributed by atoms with van der Waals surface area (Å²) in [6.45, 7) is 6.80. The van der Waals surface area contributed by atoms with Crippen LogP contribution in [-0.4, -0.2) is 52.4 Å². The second-order valence-electron chi connectivity index (χ2n) is 7.38. The number of allylic oxidation sites excluding steroid dienone is 1. The predicted molar refractivity (Wildman–Crippen MR) is 123 cm³/mol. The van der Waals surface area contributed by atoms with E-state index >= 15 is 0 Å². The molecule has 0 spiro atoms. The first-order valence-corrected chi connectivity index (χ1v) is 12.4. The summed E-state index contributed by atoms with van der Waals surface area (Å²) in [5.41, 5.74) is 1.63. The highest BCUT2D eigenvalue weighted by atomic mass is 35.5. The molecule has 8 nitrogen and oxygen atoms in total. The summed E-state index contributed by atoms with van der Waals surface area (Å²) in [6.07, 6.45) is 2.87. The molecule has 0 amide bonds. The van der Waals surface area contributed by atoms with Crippen molar-refractivity contribution in [2.45, 2.75) is 58.6 Å². The minimum atomic E-state index is -1.11. The standard InChI is InChI=1S/C22H32ClNO7S/c1-6-9-17(24-30-11-8-10-23)20-18(26)13-16(12-14(3)32(28)7-2)19(22(27)29-5)21(20)31-15(4)25/h8,10,14,16,19H,6-7,9,11-13H2,1-5H3/t14?,16-,19+,32?/m1/s1. The van der Waals surface area contributed by atoms with Crippen LogP contribution >= 0.6 is 11.6 Å². The smallest absolute Gasteiger partial charge is 0.316 e. The number of hydrogen-bond donors (Lipinski definition) is 0. The summed E-state index contributed by atoms with van der Waals surface area (Å²) in [5.74, 6) is -2.77. The normalized spacial score (nSPS) is 21.4. The van der Waals surface area contributed by atoms with Crippen LogP contribution < -0.4 is 0 Å². The average molecular weight is 490 g/mol. The number of oxime groups is 1. The van der Waals surface area contributed by atoms with E-state index in [2.05, 4.69) is 5.16 Å². The van der Waals surface area contributed by atoms with E-state index in [0.717, 1.165) is 0 Å². The lowest BCUT2D eigenvalue weighted by molar-refractivity contribution is -0.150. The van der Waals surface area contributed by atoms with Gasteiger partial charge in [-0.05, 0) is 24.8 Å². The van der Waals surface area contributed by atoms with Crippen LogP contribution in [0, 0.1) is 11.8 Å². The molecule has 0 saturated heterocycles. The molecular weight excluding hydrogens is 458 g/mol. The van der Waals surface area contributed by atoms with Gasteiger partial charge in [0.05, 0.1) is 18.4 Å². The van der Waals surface area contributed by atoms with Crippen molar-refractivity contribution in [2.75, 3.05) is 19.5 Å². The fraction of sp³-hybridized carbons (Fsp3) is 0.636. The van der Waals surface area contributed by atoms with Gasteiger partial charge in [0.15, 0.2) is 5.78 Å². The molecule has 0 heterocycles. The topological polar surface area (TPSA) is 108 Å². The van der Waals surface area contributed by atoms with Crippen LogP contribution in [0.2, 0.25) is 0 Å². The fourth-order valence-corrected chi connectivity index (χ4v) is 4.75. The molecule has 0 radical (unpaired) electrons. The Balaban J connectivity index is 3.58. The predicted octanol–water partition coefficient (Wildman–Crippen LogP) is 3.65. The van der Waals surface area contributed by atoms with Crippen molar-refractivity contribution in [2.24, 2.45) is 17.0 Å². The lowest BCUT2D eigenvalue weighted by Gasteiger charge is -2.33. The molecule has 1 aliphatic carbocycles. The average Bonchev–Trinajstić information content (AvgIpc) is 2.74. The lowest BCUT2D eigenvalue weighted by Crippen LogP contribution is -2.39. The Labute approximate surface area is 196 Å². The van der Waals surface area contributed by atoms with Crippen LogP contribution in [0.4, 0.5) is 0 Å². The van der Waals surface area contributed by atoms with Gasteiger partial charge in [-0.3, -0.25) is 18.6 Å². The van der Waals surface area contributed by atoms with Crippen LogP contribution in [0.25, 0.3) is 0 Å². The molecule has 1 rings (SSSR count). The molecule has 0 aromatic heterocycles. The van der Waals surface area contributed by atoms with Gasteiger partial charge in [-0.1, -0.05) is 43.9 Å². The molecule has 2 unspecified atom stereocenters. The number of halogens is 1. The summed E-state index contributed by atoms with van der Waals surface area (Å²) in [5, 5.41) is 3.82. The van der Waals surface area contributed by atoms with Crippen molar-refractivity contribution in [3.63, 3.8) is 0 Å². The summed E-state index contributed by atoms with van der Waals surface area (Å²) >= 11 is 5.49. The number of rotatable bonds is 12. The Morgan fingerprint density at radius 2 is 2.03 bits per heavy atom. The number of nitrogens with zero attached hydrogens (tertiary/aromatic N) is 1. The van der Waals surface area contributed by atoms with Crippen molar-refractivity contribution < 1.29 is 32.9 Å². The fourth-order valence-electron chi connectivity index (χ4n) is 3.65. The first kappa shape index (κ1) is 28.0. The molecule has 0 saturated carbocycles. The maximum Gasteiger partial charge on any atom is 0.316 e. The van der Waals surface area contributed by atoms with Gasteiger partial charge in [0.2, 0.25) is 0 Å². The minimum Gasteiger partial charge on any atom is -0.468 e. The Kier molecular flexibility index (Phi) is 12.4. The SMILES string of the molecule is CCCC(=NOCC=CCl)C1=C(OC(C)=O)[C@@H](C(=O)OC)[C@H](CC(C)S(=O)CC)CC1=O. The molecule has 0 aromatic carbocycles. The van der Waals surface area contributed by atoms with E-state index in [0.29, 0.717) is 25.0 Å². The van der Waals surface area contributed by atoms with Crippen LogP contribution in [0.5, 0.6) is 0 Å². The number of ether oxygens (including phenoxy) is 2. The van der Waals surface area contributed by atoms with Crippen molar-refractivity contribution in [1.29, 1.82) is 0 Å². The maximum absolute atomic E-state index is 13.2. The molecular formula is C22H32ClNO7S. The number of esters is 2. The second-order valence-corrected chi connectivity index (χ2v) is 9.78. The number of Topliss-reactive ketones (excluding diaryl/α,β-unsaturated/α-hetero) is 1. The Morgan fingerprint density at radius 3 is 2.56 bits per heavy atom. The first-order chi connectivity index (χ1) is 15.2. The number of carbonyl (C=O) groups excluding carboxylic acids is 3. The van der Waals surface area contributed by atoms with E-state index in [4.69, 9.17) is 25.9 Å². The van der Waals surface area contributed by atoms with Crippen molar-refractivity contribution in [3.05, 3.63) is 22.9 Å². The lowest BCUT2D eigenvalue weighted by atomic mass is 9.74. The zero-order valence-electron chi connectivity index (χ0n) is 19.2. The van der Waals surface area contributed by atoms with E-state index in [1.54, 1.807) is 0 Å². The van der Waals surface area contributed by atoms with E-state index in [-0.39, 0.29) is 41.1 Å². The molecule has 0 N–H and O–H groups in total. The molecule has 180 valence electrons. The van der Waals surface area contributed by atoms with Crippen LogP contribution in [0.15, 0.2) is 28.1 Å². The largest absolute Gasteiger partial charge is 0.468 e. The second kappa shape index (κ2) is 14.2. The monoisotopic (exact) mass is 489 g/mol. The van der Waals surface area contributed by atoms with Crippen molar-refractivity contribution in [3.8, 4) is 0 Å². The third kappa shape index (κ3) is 7.85. The maximum atomic E-state index is 13.2. The molecule has 32 heavy (non-hydrogen) atoms. The highest BCUT2D eigenvalue weighted by molar-refractivity contribution is 7.85. The molecule has 0 bridgehead atoms. The highest BCUT2D eigenvalue weighted by Crippen LogP contribution is 2.39. The van der Waals surface area contributed by atoms with Crippen molar-refractivity contribution in [1.82, 2.24) is 0 Å². The van der Waals surface area contributed by atoms with Gasteiger partial charge in [0.25, 0.3) is 0 Å². The van der Waals surface area contributed by atoms with Crippen LogP contribution in [0.1, 0.15) is 53.4 Å². The Hall–Kier alpha value is -2.00. The van der Waals surface area contributed by atoms with E-state index in [9.17, 15) is 18.6 Å². The molecule has 4 atom stereocenters. The quantitative estimate of drug-likeness (QED) is 0.178. The van der Waals surface area contributed by atoms with E-state index in [1.165, 1.54) is 25.6 Å². The summed E-state index contributed by atoms with van der Waals surface area (Å²) in [6, 6.07) is 0. The van der Waals surface area contributed by atoms with E-state index < -0.39 is 34.6 Å². The zero-order valence-corrected chi connectivity index (χ0v) is 20.8. The highest BCUT2D eigenvalue weighted by Gasteiger charge is 2.45. The van der Waals surface area contributed by atoms with Gasteiger partial charge in [-0.2, -0.15) is 0 Å². The Bertz CT molecular complexity index is 806. The number of ketones is 1. The molecule has 0 aliphatic heterocycles. The Morgan fingerprint density at radius 1 is 1.34 bits per heavy atom. The first-order valence-electron chi connectivity index (χ1n) is 10.6. The van der Waals surface area contributed by atoms with Gasteiger partial charge in [-0.15, -0.1) is 0 Å². The molecule has 0 aromatic rings. The molecule has 10 heteroatoms. The third-order valence-corrected chi connectivity index (χ3v) is 6.85. The number of hydrogen-bond acceptors (Lipinski definition) is 8. The van der Waals surface area contributed by atoms with Crippen LogP contribution in [-0.2, 0) is 39.5 Å². The summed E-state index contributed by atoms with van der Waals surface area (Å²) in [7, 11) is 0.121. The van der Waals surface area contributed by atoms with Crippen LogP contribution in [0.3, 0.4) is 0 Å². The third-order valence-electron chi connectivity index (χ3n) is 5.01. The summed E-state index contributed by atoms with van der Waals surface area (Å²) in [4.78, 5) is 43.2. The van der Waals surface area contributed by atoms with E-state index in [1.807, 2.05) is 20.8 Å².